The van der Waals surface area contributed by atoms with Crippen molar-refractivity contribution < 1.29 is 4.79 Å². The van der Waals surface area contributed by atoms with E-state index in [1.165, 1.54) is 0 Å². The van der Waals surface area contributed by atoms with Crippen LogP contribution in [0.25, 0.3) is 27.5 Å². The molecule has 3 N–H and O–H groups in total. The molecule has 2 aromatic heterocycles. The molecule has 0 spiro atoms. The van der Waals surface area contributed by atoms with Crippen LogP contribution < -0.4 is 17.0 Å². The summed E-state index contributed by atoms with van der Waals surface area (Å²) >= 11 is 6.43. The number of hydrogen-bond donors (Lipinski definition) is 2. The van der Waals surface area contributed by atoms with E-state index in [0.29, 0.717) is 45.5 Å². The van der Waals surface area contributed by atoms with Crippen molar-refractivity contribution in [1.82, 2.24) is 14.1 Å². The smallest absolute Gasteiger partial charge is 0.333 e. The largest absolute Gasteiger partial charge is 0.399 e. The standard InChI is InChI=1S/C32H25ClN4O3/c33-22-14-15-27-25(18-22)29(37-31(39)24-11-4-5-12-26(24)35-32(37)40)30(28(38)16-13-20-7-2-1-3-8-20)36(27)19-21-9-6-10-23(34)17-21/h1-12,14-15,17-18H,13,16,19,34H2,(H,35,40). The first-order chi connectivity index (χ1) is 19.4. The molecule has 2 heterocycles. The van der Waals surface area contributed by atoms with Crippen LogP contribution in [0.3, 0.4) is 0 Å². The molecule has 0 amide bonds. The van der Waals surface area contributed by atoms with E-state index in [1.807, 2.05) is 59.2 Å². The van der Waals surface area contributed by atoms with Gasteiger partial charge in [-0.15, -0.1) is 0 Å². The van der Waals surface area contributed by atoms with Crippen molar-refractivity contribution in [1.29, 1.82) is 0 Å². The van der Waals surface area contributed by atoms with E-state index in [2.05, 4.69) is 4.98 Å². The molecule has 0 saturated heterocycles. The Kier molecular flexibility index (Phi) is 6.58. The van der Waals surface area contributed by atoms with Crippen LogP contribution in [0.1, 0.15) is 28.0 Å². The minimum Gasteiger partial charge on any atom is -0.399 e. The molecule has 4 aromatic carbocycles. The fraction of sp³-hybridized carbons (Fsp3) is 0.0938. The highest BCUT2D eigenvalue weighted by molar-refractivity contribution is 6.31. The lowest BCUT2D eigenvalue weighted by molar-refractivity contribution is 0.0974. The lowest BCUT2D eigenvalue weighted by Gasteiger charge is -2.13. The van der Waals surface area contributed by atoms with Gasteiger partial charge in [-0.05, 0) is 60.0 Å². The quantitative estimate of drug-likeness (QED) is 0.196. The van der Waals surface area contributed by atoms with Crippen LogP contribution in [0.4, 0.5) is 5.69 Å². The first-order valence-corrected chi connectivity index (χ1v) is 13.3. The van der Waals surface area contributed by atoms with Crippen LogP contribution in [-0.2, 0) is 13.0 Å². The Morgan fingerprint density at radius 3 is 2.38 bits per heavy atom. The summed E-state index contributed by atoms with van der Waals surface area (Å²) in [6.07, 6.45) is 0.681. The monoisotopic (exact) mass is 548 g/mol. The minimum absolute atomic E-state index is 0.179. The fourth-order valence-corrected chi connectivity index (χ4v) is 5.41. The number of halogens is 1. The van der Waals surface area contributed by atoms with Crippen molar-refractivity contribution in [3.63, 3.8) is 0 Å². The predicted molar refractivity (Wildman–Crippen MR) is 160 cm³/mol. The number of aromatic amines is 1. The summed E-state index contributed by atoms with van der Waals surface area (Å²) in [5.41, 5.74) is 8.96. The number of aromatic nitrogens is 3. The second kappa shape index (κ2) is 10.4. The number of benzene rings is 4. The van der Waals surface area contributed by atoms with Gasteiger partial charge >= 0.3 is 5.69 Å². The van der Waals surface area contributed by atoms with Crippen molar-refractivity contribution in [2.45, 2.75) is 19.4 Å². The number of aryl methyl sites for hydroxylation is 1. The molecular weight excluding hydrogens is 524 g/mol. The van der Waals surface area contributed by atoms with Crippen molar-refractivity contribution in [3.8, 4) is 5.69 Å². The lowest BCUT2D eigenvalue weighted by atomic mass is 10.0. The predicted octanol–water partition coefficient (Wildman–Crippen LogP) is 5.73. The average molecular weight is 549 g/mol. The van der Waals surface area contributed by atoms with Gasteiger partial charge in [0.05, 0.1) is 22.1 Å². The minimum atomic E-state index is -0.635. The molecule has 0 saturated carbocycles. The molecule has 0 aliphatic rings. The maximum absolute atomic E-state index is 14.1. The zero-order valence-corrected chi connectivity index (χ0v) is 22.2. The number of hydrogen-bond acceptors (Lipinski definition) is 4. The molecule has 0 unspecified atom stereocenters. The van der Waals surface area contributed by atoms with E-state index in [0.717, 1.165) is 15.7 Å². The Labute approximate surface area is 234 Å². The van der Waals surface area contributed by atoms with E-state index in [-0.39, 0.29) is 23.6 Å². The number of fused-ring (bicyclic) bond motifs is 2. The Morgan fingerprint density at radius 2 is 1.57 bits per heavy atom. The average Bonchev–Trinajstić information content (AvgIpc) is 3.25. The summed E-state index contributed by atoms with van der Waals surface area (Å²) < 4.78 is 2.91. The Morgan fingerprint density at radius 1 is 0.825 bits per heavy atom. The number of nitrogens with two attached hydrogens (primary N) is 1. The van der Waals surface area contributed by atoms with Crippen LogP contribution in [0, 0.1) is 0 Å². The summed E-state index contributed by atoms with van der Waals surface area (Å²) in [5, 5.41) is 1.29. The molecule has 0 radical (unpaired) electrons. The molecule has 8 heteroatoms. The normalized spacial score (nSPS) is 11.3. The maximum atomic E-state index is 14.1. The number of rotatable bonds is 7. The molecule has 6 aromatic rings. The van der Waals surface area contributed by atoms with Gasteiger partial charge in [-0.3, -0.25) is 9.59 Å². The number of nitrogen functional groups attached to an aromatic ring is 1. The second-order valence-corrected chi connectivity index (χ2v) is 10.2. The number of nitrogens with zero attached hydrogens (tertiary/aromatic N) is 2. The van der Waals surface area contributed by atoms with Crippen molar-refractivity contribution in [2.75, 3.05) is 5.73 Å². The van der Waals surface area contributed by atoms with Gasteiger partial charge in [0.1, 0.15) is 5.69 Å². The Bertz CT molecular complexity index is 2020. The van der Waals surface area contributed by atoms with Crippen molar-refractivity contribution in [2.24, 2.45) is 0 Å². The number of Topliss-reactive ketones (excluding diaryl/α,β-unsaturated/α-hetero) is 1. The third-order valence-electron chi connectivity index (χ3n) is 7.07. The number of nitrogens with one attached hydrogen (secondary N) is 1. The number of ketones is 1. The number of H-pyrrole nitrogens is 1. The molecule has 7 nitrogen and oxygen atoms in total. The van der Waals surface area contributed by atoms with Gasteiger partial charge in [0.2, 0.25) is 0 Å². The molecular formula is C32H25ClN4O3. The van der Waals surface area contributed by atoms with Crippen LogP contribution in [-0.4, -0.2) is 19.9 Å². The highest BCUT2D eigenvalue weighted by atomic mass is 35.5. The van der Waals surface area contributed by atoms with Crippen LogP contribution >= 0.6 is 11.6 Å². The Balaban J connectivity index is 1.64. The summed E-state index contributed by atoms with van der Waals surface area (Å²) in [6, 6.07) is 29.2. The van der Waals surface area contributed by atoms with Gasteiger partial charge < -0.3 is 15.3 Å². The molecule has 0 bridgehead atoms. The van der Waals surface area contributed by atoms with Crippen molar-refractivity contribution >= 4 is 44.9 Å². The van der Waals surface area contributed by atoms with E-state index in [9.17, 15) is 14.4 Å². The van der Waals surface area contributed by atoms with Gasteiger partial charge in [0.15, 0.2) is 5.78 Å². The first kappa shape index (κ1) is 25.4. The zero-order chi connectivity index (χ0) is 27.8. The lowest BCUT2D eigenvalue weighted by Crippen LogP contribution is -2.34. The van der Waals surface area contributed by atoms with Gasteiger partial charge in [-0.1, -0.05) is 66.2 Å². The topological polar surface area (TPSA) is 103 Å². The highest BCUT2D eigenvalue weighted by Crippen LogP contribution is 2.33. The molecule has 0 aliphatic carbocycles. The molecule has 198 valence electrons. The van der Waals surface area contributed by atoms with Gasteiger partial charge in [-0.2, -0.15) is 0 Å². The van der Waals surface area contributed by atoms with E-state index in [1.54, 1.807) is 42.5 Å². The molecule has 0 aliphatic heterocycles. The van der Waals surface area contributed by atoms with Gasteiger partial charge in [0, 0.05) is 29.1 Å². The Hall–Kier alpha value is -4.88. The molecule has 6 rings (SSSR count). The summed E-state index contributed by atoms with van der Waals surface area (Å²) in [6.45, 7) is 0.301. The second-order valence-electron chi connectivity index (χ2n) is 9.71. The maximum Gasteiger partial charge on any atom is 0.333 e. The third kappa shape index (κ3) is 4.61. The van der Waals surface area contributed by atoms with Crippen LogP contribution in [0.5, 0.6) is 0 Å². The van der Waals surface area contributed by atoms with Crippen LogP contribution in [0.2, 0.25) is 5.02 Å². The fourth-order valence-electron chi connectivity index (χ4n) is 5.24. The summed E-state index contributed by atoms with van der Waals surface area (Å²) in [7, 11) is 0. The number of para-hydroxylation sites is 1. The first-order valence-electron chi connectivity index (χ1n) is 12.9. The van der Waals surface area contributed by atoms with E-state index in [4.69, 9.17) is 17.3 Å². The van der Waals surface area contributed by atoms with E-state index >= 15 is 0 Å². The number of carbonyl (C=O) groups is 1. The third-order valence-corrected chi connectivity index (χ3v) is 7.30. The van der Waals surface area contributed by atoms with E-state index < -0.39 is 11.2 Å². The SMILES string of the molecule is Nc1cccc(Cn2c(C(=O)CCc3ccccc3)c(-n3c(=O)[nH]c4ccccc4c3=O)c3cc(Cl)ccc32)c1. The molecule has 0 fully saturated rings. The summed E-state index contributed by atoms with van der Waals surface area (Å²) in [5.74, 6) is -0.200. The summed E-state index contributed by atoms with van der Waals surface area (Å²) in [4.78, 5) is 44.2. The van der Waals surface area contributed by atoms with Crippen LogP contribution in [0.15, 0.2) is 107 Å². The van der Waals surface area contributed by atoms with Gasteiger partial charge in [-0.25, -0.2) is 9.36 Å². The zero-order valence-electron chi connectivity index (χ0n) is 21.4. The number of anilines is 1. The number of carbonyl (C=O) groups excluding carboxylic acids is 1. The highest BCUT2D eigenvalue weighted by Gasteiger charge is 2.27. The van der Waals surface area contributed by atoms with Gasteiger partial charge in [0.25, 0.3) is 5.56 Å². The van der Waals surface area contributed by atoms with Crippen molar-refractivity contribution in [3.05, 3.63) is 140 Å². The molecule has 40 heavy (non-hydrogen) atoms. The molecule has 0 atom stereocenters.